The molecule has 1 amide bonds. The number of cyclic esters (lactones) is 1. The van der Waals surface area contributed by atoms with Gasteiger partial charge < -0.3 is 14.2 Å². The van der Waals surface area contributed by atoms with Gasteiger partial charge in [-0.1, -0.05) is 18.2 Å². The first-order chi connectivity index (χ1) is 14.4. The summed E-state index contributed by atoms with van der Waals surface area (Å²) in [5, 5.41) is 5.01. The predicted molar refractivity (Wildman–Crippen MR) is 113 cm³/mol. The zero-order valence-corrected chi connectivity index (χ0v) is 17.5. The van der Waals surface area contributed by atoms with Crippen LogP contribution < -0.4 is 14.8 Å². The van der Waals surface area contributed by atoms with Gasteiger partial charge in [0.05, 0.1) is 25.5 Å². The molecular weight excluding hydrogens is 404 g/mol. The molecule has 2 heterocycles. The van der Waals surface area contributed by atoms with Crippen molar-refractivity contribution in [3.63, 3.8) is 0 Å². The Morgan fingerprint density at radius 3 is 2.73 bits per heavy atom. The number of thiazole rings is 1. The summed E-state index contributed by atoms with van der Waals surface area (Å²) in [5.41, 5.74) is 1.40. The van der Waals surface area contributed by atoms with E-state index in [1.54, 1.807) is 39.3 Å². The lowest BCUT2D eigenvalue weighted by molar-refractivity contribution is -0.134. The molecule has 0 radical (unpaired) electrons. The number of carbonyl (C=O) groups excluding carboxylic acids is 2. The molecule has 8 heteroatoms. The van der Waals surface area contributed by atoms with Crippen LogP contribution >= 0.6 is 11.3 Å². The number of benzene rings is 2. The third kappa shape index (κ3) is 3.61. The standard InChI is InChI=1S/C22H20N2O5S/c1-22(11-13-6-4-5-7-15(13)19(25)29-22)20(26)24-21-23-17(12-30-21)16-9-8-14(27-2)10-18(16)28-3/h4-10,12H,11H2,1-3H3,(H,23,24,26). The maximum Gasteiger partial charge on any atom is 0.339 e. The second kappa shape index (κ2) is 7.79. The molecule has 0 saturated carbocycles. The summed E-state index contributed by atoms with van der Waals surface area (Å²) in [4.78, 5) is 29.8. The zero-order valence-electron chi connectivity index (χ0n) is 16.7. The minimum atomic E-state index is -1.31. The Balaban J connectivity index is 1.55. The number of amides is 1. The summed E-state index contributed by atoms with van der Waals surface area (Å²) >= 11 is 1.28. The molecule has 1 aromatic heterocycles. The molecule has 1 unspecified atom stereocenters. The number of nitrogens with one attached hydrogen (secondary N) is 1. The van der Waals surface area contributed by atoms with Crippen molar-refractivity contribution >= 4 is 28.3 Å². The molecule has 30 heavy (non-hydrogen) atoms. The van der Waals surface area contributed by atoms with E-state index in [0.29, 0.717) is 34.3 Å². The Hall–Kier alpha value is -3.39. The van der Waals surface area contributed by atoms with Crippen molar-refractivity contribution in [3.05, 3.63) is 59.0 Å². The SMILES string of the molecule is COc1ccc(-c2csc(NC(=O)C3(C)Cc4ccccc4C(=O)O3)n2)c(OC)c1. The van der Waals surface area contributed by atoms with Crippen LogP contribution in [0.15, 0.2) is 47.8 Å². The van der Waals surface area contributed by atoms with E-state index in [4.69, 9.17) is 14.2 Å². The summed E-state index contributed by atoms with van der Waals surface area (Å²) in [6.07, 6.45) is 0.297. The monoisotopic (exact) mass is 424 g/mol. The fourth-order valence-corrected chi connectivity index (χ4v) is 4.06. The van der Waals surface area contributed by atoms with Gasteiger partial charge in [0.2, 0.25) is 0 Å². The van der Waals surface area contributed by atoms with Crippen LogP contribution in [0, 0.1) is 0 Å². The molecule has 3 aromatic rings. The highest BCUT2D eigenvalue weighted by Gasteiger charge is 2.42. The normalized spacial score (nSPS) is 17.6. The number of nitrogens with zero attached hydrogens (tertiary/aromatic N) is 1. The molecule has 154 valence electrons. The van der Waals surface area contributed by atoms with Gasteiger partial charge in [-0.15, -0.1) is 11.3 Å². The van der Waals surface area contributed by atoms with Crippen LogP contribution in [0.25, 0.3) is 11.3 Å². The van der Waals surface area contributed by atoms with E-state index >= 15 is 0 Å². The van der Waals surface area contributed by atoms with Crippen molar-refractivity contribution in [3.8, 4) is 22.8 Å². The lowest BCUT2D eigenvalue weighted by Crippen LogP contribution is -2.48. The van der Waals surface area contributed by atoms with Crippen molar-refractivity contribution < 1.29 is 23.8 Å². The summed E-state index contributed by atoms with van der Waals surface area (Å²) < 4.78 is 16.1. The first-order valence-electron chi connectivity index (χ1n) is 9.24. The van der Waals surface area contributed by atoms with Gasteiger partial charge in [-0.05, 0) is 30.7 Å². The summed E-state index contributed by atoms with van der Waals surface area (Å²) in [7, 11) is 3.16. The number of hydrogen-bond donors (Lipinski definition) is 1. The fraction of sp³-hybridized carbons (Fsp3) is 0.227. The van der Waals surface area contributed by atoms with Gasteiger partial charge >= 0.3 is 5.97 Å². The summed E-state index contributed by atoms with van der Waals surface area (Å²) in [6, 6.07) is 12.6. The number of anilines is 1. The zero-order chi connectivity index (χ0) is 21.3. The van der Waals surface area contributed by atoms with Crippen LogP contribution in [0.1, 0.15) is 22.8 Å². The van der Waals surface area contributed by atoms with Crippen molar-refractivity contribution in [2.24, 2.45) is 0 Å². The van der Waals surface area contributed by atoms with Gasteiger partial charge in [0.1, 0.15) is 11.5 Å². The Morgan fingerprint density at radius 1 is 1.17 bits per heavy atom. The fourth-order valence-electron chi connectivity index (χ4n) is 3.35. The molecule has 0 bridgehead atoms. The molecule has 1 aliphatic rings. The molecule has 0 saturated heterocycles. The van der Waals surface area contributed by atoms with Gasteiger partial charge in [-0.25, -0.2) is 9.78 Å². The van der Waals surface area contributed by atoms with Crippen LogP contribution in [0.2, 0.25) is 0 Å². The van der Waals surface area contributed by atoms with Crippen molar-refractivity contribution in [2.45, 2.75) is 18.9 Å². The molecular formula is C22H20N2O5S. The van der Waals surface area contributed by atoms with Crippen LogP contribution in [-0.4, -0.2) is 36.7 Å². The Labute approximate surface area is 177 Å². The molecule has 0 fully saturated rings. The minimum Gasteiger partial charge on any atom is -0.497 e. The van der Waals surface area contributed by atoms with Crippen LogP contribution in [0.3, 0.4) is 0 Å². The van der Waals surface area contributed by atoms with Gasteiger partial charge in [-0.2, -0.15) is 0 Å². The minimum absolute atomic E-state index is 0.297. The topological polar surface area (TPSA) is 86.8 Å². The number of esters is 1. The number of hydrogen-bond acceptors (Lipinski definition) is 7. The van der Waals surface area contributed by atoms with Crippen molar-refractivity contribution in [1.82, 2.24) is 4.98 Å². The largest absolute Gasteiger partial charge is 0.497 e. The van der Waals surface area contributed by atoms with Gasteiger partial charge in [0.15, 0.2) is 10.7 Å². The maximum atomic E-state index is 12.9. The van der Waals surface area contributed by atoms with Gasteiger partial charge in [-0.3, -0.25) is 10.1 Å². The second-order valence-corrected chi connectivity index (χ2v) is 7.87. The molecule has 1 aliphatic heterocycles. The molecule has 7 nitrogen and oxygen atoms in total. The van der Waals surface area contributed by atoms with Crippen molar-refractivity contribution in [1.29, 1.82) is 0 Å². The lowest BCUT2D eigenvalue weighted by atomic mass is 9.89. The van der Waals surface area contributed by atoms with E-state index < -0.39 is 17.5 Å². The maximum absolute atomic E-state index is 12.9. The van der Waals surface area contributed by atoms with E-state index in [2.05, 4.69) is 10.3 Å². The molecule has 0 spiro atoms. The number of methoxy groups -OCH3 is 2. The third-order valence-corrected chi connectivity index (χ3v) is 5.73. The quantitative estimate of drug-likeness (QED) is 0.625. The number of rotatable bonds is 5. The molecule has 0 aliphatic carbocycles. The second-order valence-electron chi connectivity index (χ2n) is 7.01. The molecule has 1 atom stereocenters. The van der Waals surface area contributed by atoms with Crippen molar-refractivity contribution in [2.75, 3.05) is 19.5 Å². The third-order valence-electron chi connectivity index (χ3n) is 4.97. The predicted octanol–water partition coefficient (Wildman–Crippen LogP) is 3.94. The van der Waals surface area contributed by atoms with Gasteiger partial charge in [0, 0.05) is 23.4 Å². The summed E-state index contributed by atoms with van der Waals surface area (Å²) in [5.74, 6) is 0.360. The Kier molecular flexibility index (Phi) is 5.17. The smallest absolute Gasteiger partial charge is 0.339 e. The van der Waals surface area contributed by atoms with E-state index in [-0.39, 0.29) is 0 Å². The van der Waals surface area contributed by atoms with E-state index in [1.165, 1.54) is 11.3 Å². The average Bonchev–Trinajstić information content (AvgIpc) is 3.21. The number of ether oxygens (including phenoxy) is 3. The van der Waals surface area contributed by atoms with E-state index in [0.717, 1.165) is 11.1 Å². The van der Waals surface area contributed by atoms with Gasteiger partial charge in [0.25, 0.3) is 5.91 Å². The first-order valence-corrected chi connectivity index (χ1v) is 10.1. The van der Waals surface area contributed by atoms with Crippen LogP contribution in [-0.2, 0) is 16.0 Å². The van der Waals surface area contributed by atoms with Crippen LogP contribution in [0.5, 0.6) is 11.5 Å². The first kappa shape index (κ1) is 19.9. The van der Waals surface area contributed by atoms with E-state index in [1.807, 2.05) is 29.6 Å². The number of aromatic nitrogens is 1. The molecule has 4 rings (SSSR count). The lowest BCUT2D eigenvalue weighted by Gasteiger charge is -2.32. The highest BCUT2D eigenvalue weighted by Crippen LogP contribution is 2.35. The Morgan fingerprint density at radius 2 is 1.97 bits per heavy atom. The number of fused-ring (bicyclic) bond motifs is 1. The Bertz CT molecular complexity index is 1130. The average molecular weight is 424 g/mol. The highest BCUT2D eigenvalue weighted by atomic mass is 32.1. The molecule has 2 aromatic carbocycles. The number of carbonyl (C=O) groups is 2. The summed E-state index contributed by atoms with van der Waals surface area (Å²) in [6.45, 7) is 1.61. The molecule has 1 N–H and O–H groups in total. The highest BCUT2D eigenvalue weighted by molar-refractivity contribution is 7.14. The van der Waals surface area contributed by atoms with E-state index in [9.17, 15) is 9.59 Å². The van der Waals surface area contributed by atoms with Crippen LogP contribution in [0.4, 0.5) is 5.13 Å².